The van der Waals surface area contributed by atoms with E-state index in [2.05, 4.69) is 41.4 Å². The number of aryl methyl sites for hydroxylation is 1. The standard InChI is InChI=1S/C20H31N3O/c1-17-6-5-9-19(16-17)22-12-14-23(15-13-22)20(24)21-11-10-18-7-3-2-4-8-18/h5-6,9,16,18H,2-4,7-8,10-15H2,1H3,(H,21,24). The first kappa shape index (κ1) is 17.1. The number of rotatable bonds is 4. The highest BCUT2D eigenvalue weighted by Gasteiger charge is 2.21. The smallest absolute Gasteiger partial charge is 0.317 e. The molecule has 3 rings (SSSR count). The van der Waals surface area contributed by atoms with Gasteiger partial charge in [0, 0.05) is 38.4 Å². The number of urea groups is 1. The van der Waals surface area contributed by atoms with Gasteiger partial charge in [0.1, 0.15) is 0 Å². The van der Waals surface area contributed by atoms with Crippen LogP contribution in [0.4, 0.5) is 10.5 Å². The Morgan fingerprint density at radius 2 is 1.88 bits per heavy atom. The van der Waals surface area contributed by atoms with Crippen LogP contribution in [-0.4, -0.2) is 43.7 Å². The fourth-order valence-electron chi connectivity index (χ4n) is 3.96. The van der Waals surface area contributed by atoms with Crippen molar-refractivity contribution in [3.05, 3.63) is 29.8 Å². The Labute approximate surface area is 146 Å². The SMILES string of the molecule is Cc1cccc(N2CCN(C(=O)NCCC3CCCCC3)CC2)c1. The van der Waals surface area contributed by atoms with Crippen LogP contribution < -0.4 is 10.2 Å². The van der Waals surface area contributed by atoms with Crippen LogP contribution in [0.1, 0.15) is 44.1 Å². The Morgan fingerprint density at radius 3 is 2.58 bits per heavy atom. The van der Waals surface area contributed by atoms with E-state index < -0.39 is 0 Å². The normalized spacial score (nSPS) is 19.4. The molecule has 1 aliphatic carbocycles. The first-order valence-electron chi connectivity index (χ1n) is 9.57. The van der Waals surface area contributed by atoms with Crippen LogP contribution in [-0.2, 0) is 0 Å². The van der Waals surface area contributed by atoms with Crippen molar-refractivity contribution < 1.29 is 4.79 Å². The Hall–Kier alpha value is -1.71. The fraction of sp³-hybridized carbons (Fsp3) is 0.650. The van der Waals surface area contributed by atoms with Crippen LogP contribution in [0.25, 0.3) is 0 Å². The summed E-state index contributed by atoms with van der Waals surface area (Å²) in [6, 6.07) is 8.73. The predicted octanol–water partition coefficient (Wildman–Crippen LogP) is 3.80. The van der Waals surface area contributed by atoms with E-state index in [4.69, 9.17) is 0 Å². The molecule has 4 nitrogen and oxygen atoms in total. The summed E-state index contributed by atoms with van der Waals surface area (Å²) in [6.07, 6.45) is 8.00. The quantitative estimate of drug-likeness (QED) is 0.912. The highest BCUT2D eigenvalue weighted by atomic mass is 16.2. The molecule has 24 heavy (non-hydrogen) atoms. The first-order chi connectivity index (χ1) is 11.7. The van der Waals surface area contributed by atoms with Gasteiger partial charge in [-0.1, -0.05) is 44.2 Å². The van der Waals surface area contributed by atoms with E-state index in [0.29, 0.717) is 0 Å². The lowest BCUT2D eigenvalue weighted by Gasteiger charge is -2.36. The van der Waals surface area contributed by atoms with Gasteiger partial charge in [0.05, 0.1) is 0 Å². The van der Waals surface area contributed by atoms with E-state index >= 15 is 0 Å². The number of amides is 2. The van der Waals surface area contributed by atoms with E-state index in [-0.39, 0.29) is 6.03 Å². The summed E-state index contributed by atoms with van der Waals surface area (Å²) in [5.41, 5.74) is 2.56. The second-order valence-corrected chi connectivity index (χ2v) is 7.34. The van der Waals surface area contributed by atoms with Crippen LogP contribution in [0.15, 0.2) is 24.3 Å². The summed E-state index contributed by atoms with van der Waals surface area (Å²) in [5.74, 6) is 0.831. The van der Waals surface area contributed by atoms with Crippen molar-refractivity contribution in [3.8, 4) is 0 Å². The lowest BCUT2D eigenvalue weighted by molar-refractivity contribution is 0.193. The molecule has 0 unspecified atom stereocenters. The Morgan fingerprint density at radius 1 is 1.12 bits per heavy atom. The number of benzene rings is 1. The number of piperazine rings is 1. The molecule has 0 radical (unpaired) electrons. The van der Waals surface area contributed by atoms with Gasteiger partial charge in [0.25, 0.3) is 0 Å². The zero-order chi connectivity index (χ0) is 16.8. The first-order valence-corrected chi connectivity index (χ1v) is 9.57. The van der Waals surface area contributed by atoms with Gasteiger partial charge < -0.3 is 15.1 Å². The average molecular weight is 329 g/mol. The molecule has 1 saturated heterocycles. The summed E-state index contributed by atoms with van der Waals surface area (Å²) < 4.78 is 0. The van der Waals surface area contributed by atoms with E-state index in [0.717, 1.165) is 45.1 Å². The molecule has 2 aliphatic rings. The molecule has 0 atom stereocenters. The van der Waals surface area contributed by atoms with Crippen LogP contribution >= 0.6 is 0 Å². The molecule has 2 fully saturated rings. The van der Waals surface area contributed by atoms with Gasteiger partial charge in [-0.05, 0) is 37.0 Å². The molecule has 1 aromatic carbocycles. The summed E-state index contributed by atoms with van der Waals surface area (Å²) >= 11 is 0. The number of anilines is 1. The second-order valence-electron chi connectivity index (χ2n) is 7.34. The van der Waals surface area contributed by atoms with Crippen LogP contribution in [0.2, 0.25) is 0 Å². The van der Waals surface area contributed by atoms with Crippen molar-refractivity contribution in [3.63, 3.8) is 0 Å². The summed E-state index contributed by atoms with van der Waals surface area (Å²) in [6.45, 7) is 6.41. The largest absolute Gasteiger partial charge is 0.368 e. The highest BCUT2D eigenvalue weighted by Crippen LogP contribution is 2.25. The van der Waals surface area contributed by atoms with E-state index in [1.165, 1.54) is 43.4 Å². The summed E-state index contributed by atoms with van der Waals surface area (Å²) in [7, 11) is 0. The molecule has 1 saturated carbocycles. The number of hydrogen-bond acceptors (Lipinski definition) is 2. The van der Waals surface area contributed by atoms with Gasteiger partial charge in [-0.15, -0.1) is 0 Å². The molecule has 1 heterocycles. The minimum absolute atomic E-state index is 0.120. The summed E-state index contributed by atoms with van der Waals surface area (Å²) in [5, 5.41) is 3.13. The average Bonchev–Trinajstić information content (AvgIpc) is 2.63. The van der Waals surface area contributed by atoms with Crippen molar-refractivity contribution in [2.75, 3.05) is 37.6 Å². The third kappa shape index (κ3) is 4.65. The van der Waals surface area contributed by atoms with Crippen molar-refractivity contribution in [2.45, 2.75) is 45.4 Å². The van der Waals surface area contributed by atoms with Crippen LogP contribution in [0, 0.1) is 12.8 Å². The molecular formula is C20H31N3O. The number of nitrogens with zero attached hydrogens (tertiary/aromatic N) is 2. The Bertz CT molecular complexity index is 531. The molecule has 132 valence electrons. The Balaban J connectivity index is 1.38. The van der Waals surface area contributed by atoms with Gasteiger partial charge in [0.2, 0.25) is 0 Å². The minimum Gasteiger partial charge on any atom is -0.368 e. The van der Waals surface area contributed by atoms with Crippen molar-refractivity contribution >= 4 is 11.7 Å². The minimum atomic E-state index is 0.120. The maximum Gasteiger partial charge on any atom is 0.317 e. The van der Waals surface area contributed by atoms with Gasteiger partial charge >= 0.3 is 6.03 Å². The molecule has 0 bridgehead atoms. The third-order valence-electron chi connectivity index (χ3n) is 5.49. The lowest BCUT2D eigenvalue weighted by atomic mass is 9.87. The fourth-order valence-corrected chi connectivity index (χ4v) is 3.96. The lowest BCUT2D eigenvalue weighted by Crippen LogP contribution is -2.52. The third-order valence-corrected chi connectivity index (χ3v) is 5.49. The zero-order valence-electron chi connectivity index (χ0n) is 15.0. The number of hydrogen-bond donors (Lipinski definition) is 1. The Kier molecular flexibility index (Phi) is 6.00. The predicted molar refractivity (Wildman–Crippen MR) is 99.6 cm³/mol. The molecule has 1 N–H and O–H groups in total. The van der Waals surface area contributed by atoms with Gasteiger partial charge in [0.15, 0.2) is 0 Å². The van der Waals surface area contributed by atoms with Crippen molar-refractivity contribution in [1.82, 2.24) is 10.2 Å². The number of carbonyl (C=O) groups excluding carboxylic acids is 1. The van der Waals surface area contributed by atoms with Crippen LogP contribution in [0.5, 0.6) is 0 Å². The van der Waals surface area contributed by atoms with Gasteiger partial charge in [-0.25, -0.2) is 4.79 Å². The zero-order valence-corrected chi connectivity index (χ0v) is 15.0. The molecule has 0 spiro atoms. The topological polar surface area (TPSA) is 35.6 Å². The monoisotopic (exact) mass is 329 g/mol. The van der Waals surface area contributed by atoms with Crippen molar-refractivity contribution in [1.29, 1.82) is 0 Å². The van der Waals surface area contributed by atoms with E-state index in [9.17, 15) is 4.79 Å². The molecule has 0 aromatic heterocycles. The van der Waals surface area contributed by atoms with Crippen LogP contribution in [0.3, 0.4) is 0 Å². The number of carbonyl (C=O) groups is 1. The summed E-state index contributed by atoms with van der Waals surface area (Å²) in [4.78, 5) is 16.7. The molecular weight excluding hydrogens is 298 g/mol. The van der Waals surface area contributed by atoms with Gasteiger partial charge in [-0.2, -0.15) is 0 Å². The molecule has 1 aromatic rings. The second kappa shape index (κ2) is 8.41. The number of nitrogens with one attached hydrogen (secondary N) is 1. The van der Waals surface area contributed by atoms with E-state index in [1.54, 1.807) is 0 Å². The highest BCUT2D eigenvalue weighted by molar-refractivity contribution is 5.74. The van der Waals surface area contributed by atoms with Gasteiger partial charge in [-0.3, -0.25) is 0 Å². The van der Waals surface area contributed by atoms with Crippen molar-refractivity contribution in [2.24, 2.45) is 5.92 Å². The molecule has 1 aliphatic heterocycles. The maximum absolute atomic E-state index is 12.3. The molecule has 4 heteroatoms. The maximum atomic E-state index is 12.3. The van der Waals surface area contributed by atoms with E-state index in [1.807, 2.05) is 4.90 Å². The molecule has 2 amide bonds.